The first kappa shape index (κ1) is 19.5. The summed E-state index contributed by atoms with van der Waals surface area (Å²) in [6.07, 6.45) is 3.39. The summed E-state index contributed by atoms with van der Waals surface area (Å²) in [7, 11) is 0. The van der Waals surface area contributed by atoms with Crippen molar-refractivity contribution in [3.05, 3.63) is 33.8 Å². The van der Waals surface area contributed by atoms with Gasteiger partial charge in [-0.25, -0.2) is 0 Å². The maximum Gasteiger partial charge on any atom is 0.255 e. The summed E-state index contributed by atoms with van der Waals surface area (Å²) in [5.74, 6) is 0.1000. The second-order valence-electron chi connectivity index (χ2n) is 7.10. The first-order chi connectivity index (χ1) is 12.5. The SMILES string of the molecule is CC1CCCCN1C(=O)CN1CCN(C(=O)c2cccc(Cl)c2Cl)CC1. The molecule has 1 unspecified atom stereocenters. The van der Waals surface area contributed by atoms with Crippen molar-refractivity contribution in [3.63, 3.8) is 0 Å². The van der Waals surface area contributed by atoms with Gasteiger partial charge in [0, 0.05) is 38.8 Å². The monoisotopic (exact) mass is 397 g/mol. The highest BCUT2D eigenvalue weighted by atomic mass is 35.5. The van der Waals surface area contributed by atoms with Crippen LogP contribution in [0.5, 0.6) is 0 Å². The van der Waals surface area contributed by atoms with E-state index in [9.17, 15) is 9.59 Å². The van der Waals surface area contributed by atoms with Crippen LogP contribution in [-0.4, -0.2) is 71.8 Å². The van der Waals surface area contributed by atoms with Gasteiger partial charge in [-0.1, -0.05) is 29.3 Å². The van der Waals surface area contributed by atoms with Crippen molar-refractivity contribution in [3.8, 4) is 0 Å². The average Bonchev–Trinajstić information content (AvgIpc) is 2.64. The van der Waals surface area contributed by atoms with Gasteiger partial charge >= 0.3 is 0 Å². The summed E-state index contributed by atoms with van der Waals surface area (Å²) in [5.41, 5.74) is 0.436. The molecule has 2 aliphatic rings. The molecule has 1 atom stereocenters. The molecule has 0 aromatic heterocycles. The first-order valence-corrected chi connectivity index (χ1v) is 9.98. The standard InChI is InChI=1S/C19H25Cl2N3O2/c1-14-5-2-3-8-24(14)17(25)13-22-9-11-23(12-10-22)19(26)15-6-4-7-16(20)18(15)21/h4,6-7,14H,2-3,5,8-13H2,1H3. The topological polar surface area (TPSA) is 43.9 Å². The van der Waals surface area contributed by atoms with Crippen LogP contribution in [0.2, 0.25) is 10.0 Å². The Morgan fingerprint density at radius 3 is 2.50 bits per heavy atom. The largest absolute Gasteiger partial charge is 0.339 e. The van der Waals surface area contributed by atoms with Crippen molar-refractivity contribution in [2.45, 2.75) is 32.2 Å². The predicted octanol–water partition coefficient (Wildman–Crippen LogP) is 3.15. The van der Waals surface area contributed by atoms with E-state index >= 15 is 0 Å². The van der Waals surface area contributed by atoms with Crippen LogP contribution in [0.1, 0.15) is 36.5 Å². The lowest BCUT2D eigenvalue weighted by atomic mass is 10.0. The highest BCUT2D eigenvalue weighted by Crippen LogP contribution is 2.27. The van der Waals surface area contributed by atoms with Crippen molar-refractivity contribution in [2.24, 2.45) is 0 Å². The van der Waals surface area contributed by atoms with Crippen molar-refractivity contribution in [1.82, 2.24) is 14.7 Å². The molecule has 142 valence electrons. The van der Waals surface area contributed by atoms with Gasteiger partial charge in [0.05, 0.1) is 22.2 Å². The second kappa shape index (κ2) is 8.59. The Bertz CT molecular complexity index is 675. The number of carbonyl (C=O) groups is 2. The third kappa shape index (κ3) is 4.33. The molecule has 0 saturated carbocycles. The number of piperidine rings is 1. The lowest BCUT2D eigenvalue weighted by Gasteiger charge is -2.38. The lowest BCUT2D eigenvalue weighted by molar-refractivity contribution is -0.136. The van der Waals surface area contributed by atoms with E-state index in [1.807, 2.05) is 4.90 Å². The van der Waals surface area contributed by atoms with E-state index in [4.69, 9.17) is 23.2 Å². The van der Waals surface area contributed by atoms with Gasteiger partial charge < -0.3 is 9.80 Å². The minimum absolute atomic E-state index is 0.104. The van der Waals surface area contributed by atoms with Crippen LogP contribution in [-0.2, 0) is 4.79 Å². The number of amides is 2. The van der Waals surface area contributed by atoms with Gasteiger partial charge in [0.25, 0.3) is 5.91 Å². The molecule has 5 nitrogen and oxygen atoms in total. The molecular weight excluding hydrogens is 373 g/mol. The Morgan fingerprint density at radius 2 is 1.81 bits per heavy atom. The normalized spacial score (nSPS) is 21.7. The van der Waals surface area contributed by atoms with Crippen molar-refractivity contribution < 1.29 is 9.59 Å². The fourth-order valence-corrected chi connectivity index (χ4v) is 4.08. The third-order valence-electron chi connectivity index (χ3n) is 5.32. The molecule has 0 spiro atoms. The van der Waals surface area contributed by atoms with Crippen LogP contribution in [0.4, 0.5) is 0 Å². The van der Waals surface area contributed by atoms with E-state index in [2.05, 4.69) is 11.8 Å². The van der Waals surface area contributed by atoms with E-state index in [0.717, 1.165) is 19.4 Å². The molecule has 2 fully saturated rings. The average molecular weight is 398 g/mol. The highest BCUT2D eigenvalue weighted by molar-refractivity contribution is 6.43. The first-order valence-electron chi connectivity index (χ1n) is 9.22. The molecule has 7 heteroatoms. The summed E-state index contributed by atoms with van der Waals surface area (Å²) in [6, 6.07) is 5.44. The summed E-state index contributed by atoms with van der Waals surface area (Å²) in [6.45, 7) is 5.99. The van der Waals surface area contributed by atoms with Gasteiger partial charge in [0.2, 0.25) is 5.91 Å². The molecule has 2 heterocycles. The third-order valence-corrected chi connectivity index (χ3v) is 6.14. The molecule has 0 bridgehead atoms. The smallest absolute Gasteiger partial charge is 0.255 e. The Hall–Kier alpha value is -1.30. The quantitative estimate of drug-likeness (QED) is 0.786. The molecule has 0 radical (unpaired) electrons. The Kier molecular flexibility index (Phi) is 6.43. The Morgan fingerprint density at radius 1 is 1.08 bits per heavy atom. The van der Waals surface area contributed by atoms with Gasteiger partial charge in [-0.15, -0.1) is 0 Å². The Balaban J connectivity index is 1.53. The van der Waals surface area contributed by atoms with Crippen LogP contribution in [0.15, 0.2) is 18.2 Å². The molecule has 2 amide bonds. The molecular formula is C19H25Cl2N3O2. The maximum atomic E-state index is 12.7. The van der Waals surface area contributed by atoms with Crippen LogP contribution in [0, 0.1) is 0 Å². The summed E-state index contributed by atoms with van der Waals surface area (Å²) >= 11 is 12.2. The van der Waals surface area contributed by atoms with Crippen LogP contribution < -0.4 is 0 Å². The number of likely N-dealkylation sites (tertiary alicyclic amines) is 1. The molecule has 3 rings (SSSR count). The Labute approximate surface area is 164 Å². The van der Waals surface area contributed by atoms with Crippen LogP contribution in [0.3, 0.4) is 0 Å². The number of benzene rings is 1. The van der Waals surface area contributed by atoms with Gasteiger partial charge in [0.1, 0.15) is 0 Å². The zero-order chi connectivity index (χ0) is 18.7. The molecule has 0 aliphatic carbocycles. The number of rotatable bonds is 3. The van der Waals surface area contributed by atoms with E-state index in [-0.39, 0.29) is 11.8 Å². The van der Waals surface area contributed by atoms with Crippen molar-refractivity contribution >= 4 is 35.0 Å². The predicted molar refractivity (Wildman–Crippen MR) is 104 cm³/mol. The molecule has 1 aromatic rings. The van der Waals surface area contributed by atoms with Gasteiger partial charge in [-0.05, 0) is 38.3 Å². The maximum absolute atomic E-state index is 12.7. The highest BCUT2D eigenvalue weighted by Gasteiger charge is 2.28. The minimum atomic E-state index is -0.104. The number of halogens is 2. The summed E-state index contributed by atoms with van der Waals surface area (Å²) in [4.78, 5) is 31.2. The van der Waals surface area contributed by atoms with E-state index in [1.165, 1.54) is 6.42 Å². The van der Waals surface area contributed by atoms with Crippen LogP contribution in [0.25, 0.3) is 0 Å². The fourth-order valence-electron chi connectivity index (χ4n) is 3.70. The molecule has 2 aliphatic heterocycles. The zero-order valence-corrected chi connectivity index (χ0v) is 16.6. The second-order valence-corrected chi connectivity index (χ2v) is 7.89. The molecule has 2 saturated heterocycles. The van der Waals surface area contributed by atoms with E-state index < -0.39 is 0 Å². The van der Waals surface area contributed by atoms with Gasteiger partial charge in [-0.2, -0.15) is 0 Å². The van der Waals surface area contributed by atoms with E-state index in [0.29, 0.717) is 54.4 Å². The molecule has 26 heavy (non-hydrogen) atoms. The van der Waals surface area contributed by atoms with Crippen molar-refractivity contribution in [1.29, 1.82) is 0 Å². The number of hydrogen-bond donors (Lipinski definition) is 0. The molecule has 0 N–H and O–H groups in total. The number of carbonyl (C=O) groups excluding carboxylic acids is 2. The van der Waals surface area contributed by atoms with E-state index in [1.54, 1.807) is 23.1 Å². The van der Waals surface area contributed by atoms with Gasteiger partial charge in [0.15, 0.2) is 0 Å². The minimum Gasteiger partial charge on any atom is -0.339 e. The van der Waals surface area contributed by atoms with Crippen molar-refractivity contribution in [2.75, 3.05) is 39.3 Å². The number of piperazine rings is 1. The van der Waals surface area contributed by atoms with Crippen LogP contribution >= 0.6 is 23.2 Å². The number of hydrogen-bond acceptors (Lipinski definition) is 3. The van der Waals surface area contributed by atoms with Gasteiger partial charge in [-0.3, -0.25) is 14.5 Å². The zero-order valence-electron chi connectivity index (χ0n) is 15.1. The lowest BCUT2D eigenvalue weighted by Crippen LogP contribution is -2.53. The number of nitrogens with zero attached hydrogens (tertiary/aromatic N) is 3. The summed E-state index contributed by atoms with van der Waals surface area (Å²) < 4.78 is 0. The molecule has 1 aromatic carbocycles. The fraction of sp³-hybridized carbons (Fsp3) is 0.579. The summed E-state index contributed by atoms with van der Waals surface area (Å²) in [5, 5.41) is 0.688.